The van der Waals surface area contributed by atoms with Crippen molar-refractivity contribution in [1.29, 1.82) is 0 Å². The van der Waals surface area contributed by atoms with Gasteiger partial charge >= 0.3 is 0 Å². The molecule has 1 aromatic rings. The molecule has 0 aliphatic carbocycles. The zero-order valence-electron chi connectivity index (χ0n) is 11.2. The fraction of sp³-hybridized carbons (Fsp3) is 0.500. The summed E-state index contributed by atoms with van der Waals surface area (Å²) >= 11 is 0. The molecule has 0 radical (unpaired) electrons. The number of anilines is 1. The first-order valence-electron chi connectivity index (χ1n) is 6.53. The Kier molecular flexibility index (Phi) is 4.63. The number of ether oxygens (including phenoxy) is 2. The molecule has 0 spiro atoms. The van der Waals surface area contributed by atoms with E-state index in [1.807, 2.05) is 11.8 Å². The highest BCUT2D eigenvalue weighted by Crippen LogP contribution is 2.13. The summed E-state index contributed by atoms with van der Waals surface area (Å²) in [5, 5.41) is 0. The summed E-state index contributed by atoms with van der Waals surface area (Å²) in [7, 11) is 0. The zero-order valence-corrected chi connectivity index (χ0v) is 11.2. The van der Waals surface area contributed by atoms with Crippen LogP contribution in [-0.4, -0.2) is 43.2 Å². The van der Waals surface area contributed by atoms with Gasteiger partial charge in [0.2, 0.25) is 5.91 Å². The SMILES string of the molecule is CC1CN(C(=O)CCOc2ccc(N)cc2)CCO1. The molecular weight excluding hydrogens is 244 g/mol. The van der Waals surface area contributed by atoms with E-state index in [4.69, 9.17) is 15.2 Å². The summed E-state index contributed by atoms with van der Waals surface area (Å²) in [5.41, 5.74) is 6.29. The lowest BCUT2D eigenvalue weighted by Gasteiger charge is -2.31. The second-order valence-corrected chi connectivity index (χ2v) is 4.69. The van der Waals surface area contributed by atoms with Gasteiger partial charge in [-0.1, -0.05) is 0 Å². The molecule has 1 aliphatic rings. The molecule has 2 N–H and O–H groups in total. The first-order chi connectivity index (χ1) is 9.15. The molecule has 0 bridgehead atoms. The number of amides is 1. The summed E-state index contributed by atoms with van der Waals surface area (Å²) in [5.74, 6) is 0.850. The van der Waals surface area contributed by atoms with Gasteiger partial charge in [-0.15, -0.1) is 0 Å². The van der Waals surface area contributed by atoms with Crippen molar-refractivity contribution in [2.45, 2.75) is 19.4 Å². The summed E-state index contributed by atoms with van der Waals surface area (Å²) in [6.07, 6.45) is 0.507. The molecule has 1 saturated heterocycles. The zero-order chi connectivity index (χ0) is 13.7. The number of hydrogen-bond acceptors (Lipinski definition) is 4. The molecule has 1 aromatic carbocycles. The van der Waals surface area contributed by atoms with Gasteiger partial charge in [0, 0.05) is 18.8 Å². The fourth-order valence-corrected chi connectivity index (χ4v) is 2.02. The largest absolute Gasteiger partial charge is 0.493 e. The number of nitrogens with two attached hydrogens (primary N) is 1. The number of morpholine rings is 1. The average molecular weight is 264 g/mol. The van der Waals surface area contributed by atoms with Crippen molar-refractivity contribution in [1.82, 2.24) is 4.90 Å². The third-order valence-electron chi connectivity index (χ3n) is 3.06. The Morgan fingerprint density at radius 2 is 2.21 bits per heavy atom. The van der Waals surface area contributed by atoms with Crippen molar-refractivity contribution in [3.63, 3.8) is 0 Å². The van der Waals surface area contributed by atoms with Crippen LogP contribution < -0.4 is 10.5 Å². The number of carbonyl (C=O) groups excluding carboxylic acids is 1. The summed E-state index contributed by atoms with van der Waals surface area (Å²) < 4.78 is 10.9. The minimum Gasteiger partial charge on any atom is -0.493 e. The van der Waals surface area contributed by atoms with Crippen molar-refractivity contribution in [3.05, 3.63) is 24.3 Å². The predicted molar refractivity (Wildman–Crippen MR) is 73.0 cm³/mol. The van der Waals surface area contributed by atoms with Crippen molar-refractivity contribution < 1.29 is 14.3 Å². The first-order valence-corrected chi connectivity index (χ1v) is 6.53. The molecule has 1 amide bonds. The Morgan fingerprint density at radius 1 is 1.47 bits per heavy atom. The van der Waals surface area contributed by atoms with E-state index in [1.54, 1.807) is 24.3 Å². The van der Waals surface area contributed by atoms with E-state index in [0.717, 1.165) is 5.75 Å². The molecule has 0 aromatic heterocycles. The number of rotatable bonds is 4. The number of nitrogen functional groups attached to an aromatic ring is 1. The van der Waals surface area contributed by atoms with Gasteiger partial charge in [0.05, 0.1) is 25.7 Å². The molecule has 0 saturated carbocycles. The van der Waals surface area contributed by atoms with Gasteiger partial charge in [-0.3, -0.25) is 4.79 Å². The Balaban J connectivity index is 1.73. The molecule has 1 aliphatic heterocycles. The smallest absolute Gasteiger partial charge is 0.226 e. The molecule has 19 heavy (non-hydrogen) atoms. The van der Waals surface area contributed by atoms with E-state index >= 15 is 0 Å². The molecule has 1 unspecified atom stereocenters. The number of nitrogens with zero attached hydrogens (tertiary/aromatic N) is 1. The second-order valence-electron chi connectivity index (χ2n) is 4.69. The average Bonchev–Trinajstić information content (AvgIpc) is 2.41. The Morgan fingerprint density at radius 3 is 2.89 bits per heavy atom. The van der Waals surface area contributed by atoms with Crippen LogP contribution >= 0.6 is 0 Å². The number of hydrogen-bond donors (Lipinski definition) is 1. The van der Waals surface area contributed by atoms with Crippen LogP contribution in [0.25, 0.3) is 0 Å². The highest BCUT2D eigenvalue weighted by molar-refractivity contribution is 5.76. The highest BCUT2D eigenvalue weighted by Gasteiger charge is 2.20. The van der Waals surface area contributed by atoms with E-state index in [2.05, 4.69) is 0 Å². The van der Waals surface area contributed by atoms with E-state index in [0.29, 0.717) is 38.4 Å². The molecule has 5 nitrogen and oxygen atoms in total. The van der Waals surface area contributed by atoms with Gasteiger partial charge in [0.25, 0.3) is 0 Å². The number of benzene rings is 1. The van der Waals surface area contributed by atoms with Gasteiger partial charge in [0.15, 0.2) is 0 Å². The first kappa shape index (κ1) is 13.7. The van der Waals surface area contributed by atoms with E-state index in [1.165, 1.54) is 0 Å². The quantitative estimate of drug-likeness (QED) is 0.832. The number of carbonyl (C=O) groups is 1. The third-order valence-corrected chi connectivity index (χ3v) is 3.06. The molecule has 5 heteroatoms. The normalized spacial score (nSPS) is 19.2. The minimum atomic E-state index is 0.116. The van der Waals surface area contributed by atoms with Crippen LogP contribution in [0.4, 0.5) is 5.69 Å². The van der Waals surface area contributed by atoms with Gasteiger partial charge in [-0.05, 0) is 31.2 Å². The third kappa shape index (κ3) is 4.13. The van der Waals surface area contributed by atoms with Gasteiger partial charge < -0.3 is 20.1 Å². The van der Waals surface area contributed by atoms with Crippen LogP contribution in [0.2, 0.25) is 0 Å². The monoisotopic (exact) mass is 264 g/mol. The summed E-state index contributed by atoms with van der Waals surface area (Å²) in [6.45, 7) is 4.32. The maximum absolute atomic E-state index is 12.0. The Labute approximate surface area is 113 Å². The topological polar surface area (TPSA) is 64.8 Å². The Hall–Kier alpha value is -1.75. The van der Waals surface area contributed by atoms with Crippen molar-refractivity contribution in [2.75, 3.05) is 32.0 Å². The van der Waals surface area contributed by atoms with E-state index in [-0.39, 0.29) is 12.0 Å². The standard InChI is InChI=1S/C14H20N2O3/c1-11-10-16(7-9-18-11)14(17)6-8-19-13-4-2-12(15)3-5-13/h2-5,11H,6-10,15H2,1H3. The van der Waals surface area contributed by atoms with E-state index < -0.39 is 0 Å². The van der Waals surface area contributed by atoms with Crippen molar-refractivity contribution in [2.24, 2.45) is 0 Å². The molecule has 1 atom stereocenters. The van der Waals surface area contributed by atoms with Gasteiger partial charge in [-0.2, -0.15) is 0 Å². The van der Waals surface area contributed by atoms with Gasteiger partial charge in [-0.25, -0.2) is 0 Å². The van der Waals surface area contributed by atoms with Crippen molar-refractivity contribution >= 4 is 11.6 Å². The van der Waals surface area contributed by atoms with Crippen LogP contribution in [0.3, 0.4) is 0 Å². The molecule has 2 rings (SSSR count). The van der Waals surface area contributed by atoms with Crippen LogP contribution in [0, 0.1) is 0 Å². The van der Waals surface area contributed by atoms with Crippen LogP contribution in [-0.2, 0) is 9.53 Å². The lowest BCUT2D eigenvalue weighted by molar-refractivity contribution is -0.138. The maximum Gasteiger partial charge on any atom is 0.226 e. The lowest BCUT2D eigenvalue weighted by atomic mass is 10.2. The lowest BCUT2D eigenvalue weighted by Crippen LogP contribution is -2.44. The minimum absolute atomic E-state index is 0.116. The van der Waals surface area contributed by atoms with Crippen LogP contribution in [0.15, 0.2) is 24.3 Å². The second kappa shape index (κ2) is 6.43. The maximum atomic E-state index is 12.0. The van der Waals surface area contributed by atoms with Crippen LogP contribution in [0.5, 0.6) is 5.75 Å². The molecule has 1 fully saturated rings. The van der Waals surface area contributed by atoms with Crippen molar-refractivity contribution in [3.8, 4) is 5.75 Å². The molecule has 104 valence electrons. The summed E-state index contributed by atoms with van der Waals surface area (Å²) in [4.78, 5) is 13.8. The molecular formula is C14H20N2O3. The Bertz CT molecular complexity index is 419. The van der Waals surface area contributed by atoms with E-state index in [9.17, 15) is 4.79 Å². The van der Waals surface area contributed by atoms with Gasteiger partial charge in [0.1, 0.15) is 5.75 Å². The highest BCUT2D eigenvalue weighted by atomic mass is 16.5. The fourth-order valence-electron chi connectivity index (χ4n) is 2.02. The predicted octanol–water partition coefficient (Wildman–Crippen LogP) is 1.29. The van der Waals surface area contributed by atoms with Crippen LogP contribution in [0.1, 0.15) is 13.3 Å². The molecule has 1 heterocycles. The summed E-state index contributed by atoms with van der Waals surface area (Å²) in [6, 6.07) is 7.16.